The van der Waals surface area contributed by atoms with E-state index < -0.39 is 11.9 Å². The van der Waals surface area contributed by atoms with Crippen LogP contribution in [0.5, 0.6) is 11.5 Å². The lowest BCUT2D eigenvalue weighted by atomic mass is 10.1. The summed E-state index contributed by atoms with van der Waals surface area (Å²) < 4.78 is 9.96. The molecule has 0 unspecified atom stereocenters. The maximum atomic E-state index is 13.8. The van der Waals surface area contributed by atoms with Crippen LogP contribution in [0.4, 0.5) is 11.4 Å². The lowest BCUT2D eigenvalue weighted by molar-refractivity contribution is 0.0682. The van der Waals surface area contributed by atoms with Crippen LogP contribution in [0.3, 0.4) is 0 Å². The number of imidazole rings is 2. The second kappa shape index (κ2) is 36.9. The smallest absolute Gasteiger partial charge is 0.339 e. The molecule has 24 heteroatoms. The molecule has 0 aliphatic carbocycles. The molecule has 24 nitrogen and oxygen atoms in total. The van der Waals surface area contributed by atoms with E-state index in [2.05, 4.69) is 23.6 Å². The van der Waals surface area contributed by atoms with E-state index in [1.165, 1.54) is 33.4 Å². The van der Waals surface area contributed by atoms with Gasteiger partial charge in [-0.25, -0.2) is 29.1 Å². The first kappa shape index (κ1) is 76.7. The van der Waals surface area contributed by atoms with Crippen molar-refractivity contribution in [3.63, 3.8) is 0 Å². The lowest BCUT2D eigenvalue weighted by Crippen LogP contribution is -2.41. The number of aromatic carboxylic acids is 2. The Kier molecular flexibility index (Phi) is 27.3. The van der Waals surface area contributed by atoms with Crippen LogP contribution in [0, 0.1) is 0 Å². The summed E-state index contributed by atoms with van der Waals surface area (Å²) in [5.74, 6) is -1.13. The molecule has 0 spiro atoms. The van der Waals surface area contributed by atoms with Crippen LogP contribution in [0.1, 0.15) is 95.2 Å². The molecule has 8 aromatic carbocycles. The molecule has 10 N–H and O–H groups in total. The number of hydrogen-bond acceptors (Lipinski definition) is 16. The number of aliphatic hydroxyl groups is 2. The molecular formula is C80H92N12O12. The molecule has 0 amide bonds. The van der Waals surface area contributed by atoms with Crippen LogP contribution in [0.25, 0.3) is 43.9 Å². The minimum Gasteiger partial charge on any atom is -0.507 e. The first-order valence-corrected chi connectivity index (χ1v) is 35.1. The standard InChI is InChI=1S/2C29H38N6O3.2C11H8O3/c2*1-3-15-35-28(37)26-27(34(29(35)38)16-14-22-10-12-24(30)13-11-22)31-25(21-23-8-6-5-7-9-23)33(26)18-17-32(4-2)19-20-36;2*12-10-6-8-4-2-1-3-7(8)5-9(10)11(13)14/h2*5-13,36H,3-4,14-21,30H2,1-2H3;2*1-6,12H,(H,13,14). The number of aliphatic hydroxyl groups excluding tert-OH is 2. The number of carboxylic acid groups (broad SMARTS) is 2. The third-order valence-electron chi connectivity index (χ3n) is 18.1. The second-order valence-corrected chi connectivity index (χ2v) is 25.2. The van der Waals surface area contributed by atoms with Crippen molar-refractivity contribution in [2.45, 2.75) is 105 Å². The van der Waals surface area contributed by atoms with Crippen molar-refractivity contribution in [3.8, 4) is 11.5 Å². The number of aromatic hydroxyl groups is 2. The van der Waals surface area contributed by atoms with Gasteiger partial charge in [-0.15, -0.1) is 0 Å². The van der Waals surface area contributed by atoms with Gasteiger partial charge in [0.1, 0.15) is 34.3 Å². The van der Waals surface area contributed by atoms with Crippen LogP contribution in [-0.2, 0) is 65.0 Å². The van der Waals surface area contributed by atoms with E-state index in [1.807, 2.05) is 169 Å². The minimum atomic E-state index is -1.12. The molecule has 544 valence electrons. The fourth-order valence-electron chi connectivity index (χ4n) is 12.5. The van der Waals surface area contributed by atoms with Crippen LogP contribution in [-0.4, -0.2) is 142 Å². The van der Waals surface area contributed by atoms with Crippen molar-refractivity contribution in [3.05, 3.63) is 269 Å². The molecule has 0 aliphatic heterocycles. The Labute approximate surface area is 601 Å². The maximum Gasteiger partial charge on any atom is 0.339 e. The maximum absolute atomic E-state index is 13.8. The number of anilines is 2. The van der Waals surface area contributed by atoms with Crippen LogP contribution >= 0.6 is 0 Å². The monoisotopic (exact) mass is 1410 g/mol. The third kappa shape index (κ3) is 19.2. The number of rotatable bonds is 28. The van der Waals surface area contributed by atoms with Gasteiger partial charge in [0.15, 0.2) is 22.3 Å². The first-order valence-electron chi connectivity index (χ1n) is 35.1. The average molecular weight is 1410 g/mol. The van der Waals surface area contributed by atoms with E-state index in [0.717, 1.165) is 68.5 Å². The van der Waals surface area contributed by atoms with E-state index in [1.54, 1.807) is 21.3 Å². The van der Waals surface area contributed by atoms with Gasteiger partial charge < -0.3 is 51.2 Å². The Hall–Kier alpha value is -11.4. The Morgan fingerprint density at radius 2 is 0.740 bits per heavy atom. The largest absolute Gasteiger partial charge is 0.507 e. The summed E-state index contributed by atoms with van der Waals surface area (Å²) in [6, 6.07) is 55.7. The van der Waals surface area contributed by atoms with Crippen molar-refractivity contribution in [2.75, 3.05) is 63.9 Å². The summed E-state index contributed by atoms with van der Waals surface area (Å²) in [7, 11) is 0. The van der Waals surface area contributed by atoms with E-state index in [0.29, 0.717) is 138 Å². The van der Waals surface area contributed by atoms with Crippen molar-refractivity contribution in [1.82, 2.24) is 47.2 Å². The van der Waals surface area contributed by atoms with E-state index in [4.69, 9.17) is 31.6 Å². The number of fused-ring (bicyclic) bond motifs is 4. The van der Waals surface area contributed by atoms with Gasteiger partial charge in [0.2, 0.25) is 0 Å². The Morgan fingerprint density at radius 1 is 0.404 bits per heavy atom. The topological polar surface area (TPSA) is 338 Å². The summed E-state index contributed by atoms with van der Waals surface area (Å²) in [6.45, 7) is 14.7. The molecule has 12 rings (SSSR count). The molecule has 0 saturated carbocycles. The number of benzene rings is 8. The quantitative estimate of drug-likeness (QED) is 0.0212. The molecule has 4 heterocycles. The first-order chi connectivity index (χ1) is 50.3. The van der Waals surface area contributed by atoms with Crippen LogP contribution in [0.15, 0.2) is 201 Å². The summed E-state index contributed by atoms with van der Waals surface area (Å²) in [6.07, 6.45) is 3.65. The summed E-state index contributed by atoms with van der Waals surface area (Å²) in [5, 5.41) is 58.5. The highest BCUT2D eigenvalue weighted by Crippen LogP contribution is 2.27. The molecule has 0 atom stereocenters. The molecule has 0 radical (unpaired) electrons. The predicted octanol–water partition coefficient (Wildman–Crippen LogP) is 9.49. The Bertz CT molecular complexity index is 4800. The fraction of sp³-hybridized carbons (Fsp3) is 0.300. The highest BCUT2D eigenvalue weighted by atomic mass is 16.4. The fourth-order valence-corrected chi connectivity index (χ4v) is 12.5. The number of nitrogens with two attached hydrogens (primary N) is 2. The normalized spacial score (nSPS) is 11.2. The minimum absolute atomic E-state index is 0.0660. The highest BCUT2D eigenvalue weighted by Gasteiger charge is 2.25. The molecule has 12 aromatic rings. The van der Waals surface area contributed by atoms with Crippen molar-refractivity contribution in [2.24, 2.45) is 0 Å². The van der Waals surface area contributed by atoms with Gasteiger partial charge in [0.25, 0.3) is 11.1 Å². The number of phenols is 2. The zero-order valence-electron chi connectivity index (χ0n) is 59.2. The summed E-state index contributed by atoms with van der Waals surface area (Å²) in [4.78, 5) is 90.2. The second-order valence-electron chi connectivity index (χ2n) is 25.2. The number of nitrogens with zero attached hydrogens (tertiary/aromatic N) is 10. The van der Waals surface area contributed by atoms with Gasteiger partial charge in [-0.2, -0.15) is 0 Å². The van der Waals surface area contributed by atoms with E-state index in [9.17, 15) is 49.2 Å². The van der Waals surface area contributed by atoms with Crippen molar-refractivity contribution >= 4 is 67.2 Å². The van der Waals surface area contributed by atoms with Gasteiger partial charge in [-0.3, -0.25) is 37.7 Å². The molecule has 0 bridgehead atoms. The molecule has 0 saturated heterocycles. The molecular weight excluding hydrogens is 1320 g/mol. The highest BCUT2D eigenvalue weighted by molar-refractivity contribution is 5.98. The number of carbonyl (C=O) groups is 2. The number of likely N-dealkylation sites (N-methyl/N-ethyl adjacent to an activating group) is 2. The van der Waals surface area contributed by atoms with Gasteiger partial charge in [-0.1, -0.05) is 161 Å². The third-order valence-corrected chi connectivity index (χ3v) is 18.1. The van der Waals surface area contributed by atoms with Crippen molar-refractivity contribution < 1.29 is 40.2 Å². The van der Waals surface area contributed by atoms with Gasteiger partial charge in [-0.05, 0) is 131 Å². The Balaban J connectivity index is 0.000000176. The van der Waals surface area contributed by atoms with Crippen LogP contribution in [0.2, 0.25) is 0 Å². The average Bonchev–Trinajstić information content (AvgIpc) is 1.57. The van der Waals surface area contributed by atoms with Gasteiger partial charge >= 0.3 is 23.3 Å². The van der Waals surface area contributed by atoms with E-state index >= 15 is 0 Å². The summed E-state index contributed by atoms with van der Waals surface area (Å²) in [5.41, 5.74) is 17.7. The van der Waals surface area contributed by atoms with Gasteiger partial charge in [0, 0.05) is 89.7 Å². The van der Waals surface area contributed by atoms with Crippen LogP contribution < -0.4 is 34.0 Å². The molecule has 104 heavy (non-hydrogen) atoms. The molecule has 0 fully saturated rings. The predicted molar refractivity (Wildman–Crippen MR) is 408 cm³/mol. The zero-order chi connectivity index (χ0) is 74.4. The zero-order valence-corrected chi connectivity index (χ0v) is 59.2. The number of aryl methyl sites for hydroxylation is 4. The Morgan fingerprint density at radius 3 is 1.06 bits per heavy atom. The molecule has 4 aromatic heterocycles. The number of hydrogen-bond donors (Lipinski definition) is 8. The van der Waals surface area contributed by atoms with Gasteiger partial charge in [0.05, 0.1) is 13.2 Å². The van der Waals surface area contributed by atoms with Crippen molar-refractivity contribution in [1.29, 1.82) is 0 Å². The molecule has 0 aliphatic rings. The summed E-state index contributed by atoms with van der Waals surface area (Å²) >= 11 is 0. The SMILES string of the molecule is CCCn1c(=O)c2c(nc(Cc3ccccc3)n2CCN(CC)CCO)n(CCc2ccc(N)cc2)c1=O.CCCn1c(=O)c2c(nc(Cc3ccccc3)n2CCN(CC)CCO)n(CCc2ccc(N)cc2)c1=O.O=C(O)c1cc2ccccc2cc1O.O=C(O)c1cc2ccccc2cc1O. The number of carboxylic acids is 2. The number of aromatic nitrogens is 8. The van der Waals surface area contributed by atoms with E-state index in [-0.39, 0.29) is 58.3 Å². The lowest BCUT2D eigenvalue weighted by Gasteiger charge is -2.20. The number of nitrogen functional groups attached to an aromatic ring is 2.